The summed E-state index contributed by atoms with van der Waals surface area (Å²) < 4.78 is 51.4. The Kier molecular flexibility index (Phi) is 55.4. The van der Waals surface area contributed by atoms with Gasteiger partial charge in [0.15, 0.2) is 0 Å². The van der Waals surface area contributed by atoms with E-state index in [1.54, 1.807) is 0 Å². The summed E-state index contributed by atoms with van der Waals surface area (Å²) in [5.74, 6) is 0. The molecule has 0 saturated carbocycles. The number of phosphoric ester groups is 2. The van der Waals surface area contributed by atoms with Crippen LogP contribution in [0.25, 0.3) is 0 Å². The van der Waals surface area contributed by atoms with Gasteiger partial charge in [-0.2, -0.15) is 0 Å². The van der Waals surface area contributed by atoms with Gasteiger partial charge in [0, 0.05) is 0 Å². The molecule has 0 fully saturated rings. The molecule has 0 spiro atoms. The molecule has 0 amide bonds. The van der Waals surface area contributed by atoms with Crippen LogP contribution in [0, 0.1) is 0 Å². The molecule has 0 aromatic carbocycles. The fourth-order valence-corrected chi connectivity index (χ4v) is 5.91. The number of phosphoric acid groups is 2. The molecule has 14 heteroatoms. The Morgan fingerprint density at radius 3 is 0.708 bits per heavy atom. The van der Waals surface area contributed by atoms with Crippen LogP contribution in [0.2, 0.25) is 0 Å². The van der Waals surface area contributed by atoms with Crippen molar-refractivity contribution in [3.05, 3.63) is 0 Å². The van der Waals surface area contributed by atoms with Crippen LogP contribution in [0.4, 0.5) is 0 Å². The van der Waals surface area contributed by atoms with Gasteiger partial charge in [0.25, 0.3) is 0 Å². The van der Waals surface area contributed by atoms with Gasteiger partial charge in [-0.25, -0.2) is 9.13 Å². The van der Waals surface area contributed by atoms with Crippen molar-refractivity contribution in [3.8, 4) is 0 Å². The molecule has 48 heavy (non-hydrogen) atoms. The Morgan fingerprint density at radius 2 is 0.542 bits per heavy atom. The van der Waals surface area contributed by atoms with E-state index in [9.17, 15) is 18.9 Å². The second-order valence-corrected chi connectivity index (χ2v) is 14.7. The van der Waals surface area contributed by atoms with E-state index in [0.717, 1.165) is 51.4 Å². The summed E-state index contributed by atoms with van der Waals surface area (Å²) in [6, 6.07) is 0. The van der Waals surface area contributed by atoms with Crippen molar-refractivity contribution < 1.29 is 74.8 Å². The Morgan fingerprint density at radius 1 is 0.375 bits per heavy atom. The van der Waals surface area contributed by atoms with Crippen molar-refractivity contribution in [1.82, 2.24) is 0 Å². The third kappa shape index (κ3) is 56.2. The molecular weight excluding hydrogens is 738 g/mol. The van der Waals surface area contributed by atoms with Crippen molar-refractivity contribution in [2.75, 3.05) is 39.6 Å². The van der Waals surface area contributed by atoms with Crippen LogP contribution in [-0.2, 0) is 54.8 Å². The van der Waals surface area contributed by atoms with Gasteiger partial charge in [-0.3, -0.25) is 18.1 Å². The Bertz CT molecular complexity index is 581. The van der Waals surface area contributed by atoms with Crippen LogP contribution in [0.3, 0.4) is 0 Å². The van der Waals surface area contributed by atoms with E-state index in [1.165, 1.54) is 103 Å². The maximum atomic E-state index is 11.6. The molecule has 292 valence electrons. The average Bonchev–Trinajstić information content (AvgIpc) is 3.08. The van der Waals surface area contributed by atoms with Gasteiger partial charge in [-0.15, -0.1) is 0 Å². The van der Waals surface area contributed by atoms with Crippen LogP contribution in [-0.4, -0.2) is 59.6 Å². The number of aliphatic hydroxyl groups is 2. The Hall–Kier alpha value is 0.823. The number of aliphatic hydroxyl groups excluding tert-OH is 2. The first-order chi connectivity index (χ1) is 23.2. The van der Waals surface area contributed by atoms with Crippen LogP contribution < -0.4 is 0 Å². The molecule has 0 aromatic heterocycles. The van der Waals surface area contributed by atoms with Crippen molar-refractivity contribution in [3.63, 3.8) is 0 Å². The average molecular weight is 814 g/mol. The molecule has 0 atom stereocenters. The van der Waals surface area contributed by atoms with Gasteiger partial charge in [0.05, 0.1) is 39.6 Å². The van der Waals surface area contributed by atoms with Gasteiger partial charge >= 0.3 is 43.2 Å². The normalized spacial score (nSPS) is 11.1. The number of rotatable bonds is 33. The van der Waals surface area contributed by atoms with Gasteiger partial charge < -0.3 is 20.0 Å². The van der Waals surface area contributed by atoms with E-state index in [2.05, 4.69) is 27.7 Å². The number of unbranched alkanes of at least 4 members (excludes halogenated alkanes) is 20. The topological polar surface area (TPSA) is 169 Å². The van der Waals surface area contributed by atoms with E-state index in [1.807, 2.05) is 0 Å². The Balaban J connectivity index is -0.000000346. The first-order valence-electron chi connectivity index (χ1n) is 18.8. The minimum atomic E-state index is -3.82. The van der Waals surface area contributed by atoms with Crippen molar-refractivity contribution in [2.24, 2.45) is 0 Å². The quantitative estimate of drug-likeness (QED) is 0.0367. The van der Waals surface area contributed by atoms with Crippen LogP contribution in [0.5, 0.6) is 0 Å². The van der Waals surface area contributed by atoms with Crippen LogP contribution in [0.1, 0.15) is 182 Å². The predicted octanol–water partition coefficient (Wildman–Crippen LogP) is 10.5. The van der Waals surface area contributed by atoms with Crippen molar-refractivity contribution >= 4 is 15.6 Å². The fraction of sp³-hybridized carbons (Fsp3) is 1.00. The molecule has 0 aliphatic rings. The van der Waals surface area contributed by atoms with Gasteiger partial charge in [0.2, 0.25) is 0 Å². The molecule has 0 aliphatic carbocycles. The van der Waals surface area contributed by atoms with Gasteiger partial charge in [-0.1, -0.05) is 156 Å². The van der Waals surface area contributed by atoms with Crippen LogP contribution in [0.15, 0.2) is 0 Å². The summed E-state index contributed by atoms with van der Waals surface area (Å²) in [6.07, 6.45) is 27.1. The molecule has 0 aromatic rings. The zero-order valence-corrected chi connectivity index (χ0v) is 35.5. The van der Waals surface area contributed by atoms with E-state index in [-0.39, 0.29) is 13.2 Å². The van der Waals surface area contributed by atoms with Gasteiger partial charge in [-0.05, 0) is 25.7 Å². The summed E-state index contributed by atoms with van der Waals surface area (Å²) in [5.41, 5.74) is 0. The summed E-state index contributed by atoms with van der Waals surface area (Å²) in [5, 5.41) is 15.2. The molecule has 0 saturated heterocycles. The van der Waals surface area contributed by atoms with Crippen molar-refractivity contribution in [1.29, 1.82) is 0 Å². The van der Waals surface area contributed by atoms with Crippen LogP contribution >= 0.6 is 15.6 Å². The summed E-state index contributed by atoms with van der Waals surface area (Å²) >= 11 is 0.300. The molecule has 0 aliphatic heterocycles. The first-order valence-corrected chi connectivity index (χ1v) is 22.8. The Labute approximate surface area is 310 Å². The fourth-order valence-electron chi connectivity index (χ4n) is 4.32. The molecule has 0 bridgehead atoms. The summed E-state index contributed by atoms with van der Waals surface area (Å²) in [7, 11) is -7.63. The van der Waals surface area contributed by atoms with E-state index < -0.39 is 15.6 Å². The second-order valence-electron chi connectivity index (χ2n) is 11.8. The first kappa shape index (κ1) is 55.6. The second kappa shape index (κ2) is 47.8. The molecule has 0 rings (SSSR count). The predicted molar refractivity (Wildman–Crippen MR) is 192 cm³/mol. The molecule has 4 N–H and O–H groups in total. The standard InChI is InChI=1S/2C16H35O4P.C2H6O2.O.Zr/c2*1-3-5-7-9-11-13-15-19-21(17,18)20-16-14-12-10-8-6-4-2;3-1-2-4;;/h2*3-16H2,1-2H3,(H,17,18);3-4H,1-2H2;;. The van der Waals surface area contributed by atoms with Crippen molar-refractivity contribution in [2.45, 2.75) is 182 Å². The number of hydrogen-bond acceptors (Lipinski definition) is 9. The maximum absolute atomic E-state index is 11.6. The third-order valence-electron chi connectivity index (χ3n) is 7.11. The molecular formula is C34H76O11P2Zr. The van der Waals surface area contributed by atoms with E-state index in [4.69, 9.17) is 31.1 Å². The molecule has 0 unspecified atom stereocenters. The zero-order chi connectivity index (χ0) is 37.0. The monoisotopic (exact) mass is 812 g/mol. The zero-order valence-electron chi connectivity index (χ0n) is 31.3. The van der Waals surface area contributed by atoms with Gasteiger partial charge in [0.1, 0.15) is 0 Å². The molecule has 0 heterocycles. The molecule has 0 radical (unpaired) electrons. The SMILES string of the molecule is CCCCCCCCOP(=O)(O)OCCCCCCCC.CCCCCCCCOP(=O)(O)OCCCCCCCC.OCCO.[O]=[Zr]. The van der Waals surface area contributed by atoms with E-state index in [0.29, 0.717) is 51.2 Å². The number of hydrogen-bond donors (Lipinski definition) is 4. The minimum absolute atomic E-state index is 0.125. The van der Waals surface area contributed by atoms with E-state index >= 15 is 0 Å². The molecule has 11 nitrogen and oxygen atoms in total. The summed E-state index contributed by atoms with van der Waals surface area (Å²) in [4.78, 5) is 19.0. The third-order valence-corrected chi connectivity index (χ3v) is 9.14. The summed E-state index contributed by atoms with van der Waals surface area (Å²) in [6.45, 7) is 9.76.